The van der Waals surface area contributed by atoms with Crippen LogP contribution in [0.15, 0.2) is 22.7 Å². The summed E-state index contributed by atoms with van der Waals surface area (Å²) in [6.07, 6.45) is 3.45. The Bertz CT molecular complexity index is 427. The molecule has 18 heavy (non-hydrogen) atoms. The predicted octanol–water partition coefficient (Wildman–Crippen LogP) is 3.10. The van der Waals surface area contributed by atoms with Crippen LogP contribution in [0, 0.1) is 0 Å². The molecular formula is C13H15BrO4. The minimum Gasteiger partial charge on any atom is -0.490 e. The van der Waals surface area contributed by atoms with E-state index >= 15 is 0 Å². The van der Waals surface area contributed by atoms with E-state index in [0.29, 0.717) is 16.8 Å². The first-order valence-corrected chi connectivity index (χ1v) is 6.73. The van der Waals surface area contributed by atoms with Gasteiger partial charge in [-0.25, -0.2) is 4.79 Å². The van der Waals surface area contributed by atoms with E-state index in [4.69, 9.17) is 14.6 Å². The number of ether oxygens (including phenoxy) is 2. The van der Waals surface area contributed by atoms with Crippen molar-refractivity contribution in [2.75, 3.05) is 13.2 Å². The van der Waals surface area contributed by atoms with Gasteiger partial charge in [-0.05, 0) is 53.4 Å². The normalized spacial score (nSPS) is 19.5. The van der Waals surface area contributed by atoms with Crippen molar-refractivity contribution >= 4 is 21.9 Å². The van der Waals surface area contributed by atoms with Gasteiger partial charge in [0, 0.05) is 6.61 Å². The third-order valence-electron chi connectivity index (χ3n) is 2.88. The van der Waals surface area contributed by atoms with Crippen LogP contribution in [0.25, 0.3) is 0 Å². The number of carboxylic acid groups (broad SMARTS) is 1. The molecule has 5 heteroatoms. The summed E-state index contributed by atoms with van der Waals surface area (Å²) in [7, 11) is 0. The van der Waals surface area contributed by atoms with Gasteiger partial charge in [-0.3, -0.25) is 0 Å². The zero-order valence-corrected chi connectivity index (χ0v) is 11.5. The Morgan fingerprint density at radius 2 is 2.33 bits per heavy atom. The van der Waals surface area contributed by atoms with Gasteiger partial charge in [0.2, 0.25) is 0 Å². The van der Waals surface area contributed by atoms with Crippen molar-refractivity contribution in [3.63, 3.8) is 0 Å². The molecule has 0 aromatic heterocycles. The van der Waals surface area contributed by atoms with Gasteiger partial charge in [-0.1, -0.05) is 0 Å². The van der Waals surface area contributed by atoms with Crippen molar-refractivity contribution in [3.05, 3.63) is 28.2 Å². The zero-order chi connectivity index (χ0) is 13.0. The van der Waals surface area contributed by atoms with Crippen LogP contribution in [0.4, 0.5) is 0 Å². The highest BCUT2D eigenvalue weighted by atomic mass is 79.9. The molecule has 98 valence electrons. The van der Waals surface area contributed by atoms with Crippen LogP contribution in [0.5, 0.6) is 5.75 Å². The summed E-state index contributed by atoms with van der Waals surface area (Å²) in [6.45, 7) is 1.30. The van der Waals surface area contributed by atoms with Gasteiger partial charge < -0.3 is 14.6 Å². The zero-order valence-electron chi connectivity index (χ0n) is 9.89. The molecule has 1 aromatic rings. The summed E-state index contributed by atoms with van der Waals surface area (Å²) in [5, 5.41) is 8.85. The molecule has 0 bridgehead atoms. The van der Waals surface area contributed by atoms with E-state index in [9.17, 15) is 4.79 Å². The maximum Gasteiger partial charge on any atom is 0.335 e. The highest BCUT2D eigenvalue weighted by Gasteiger charge is 2.15. The van der Waals surface area contributed by atoms with Crippen LogP contribution in [0.2, 0.25) is 0 Å². The first-order valence-electron chi connectivity index (χ1n) is 5.94. The van der Waals surface area contributed by atoms with Gasteiger partial charge in [0.25, 0.3) is 0 Å². The molecule has 1 heterocycles. The molecular weight excluding hydrogens is 300 g/mol. The van der Waals surface area contributed by atoms with Crippen molar-refractivity contribution in [2.45, 2.75) is 25.4 Å². The molecule has 1 aliphatic heterocycles. The maximum absolute atomic E-state index is 10.8. The van der Waals surface area contributed by atoms with Crippen LogP contribution in [-0.2, 0) is 4.74 Å². The van der Waals surface area contributed by atoms with Crippen molar-refractivity contribution in [2.24, 2.45) is 0 Å². The molecule has 1 unspecified atom stereocenters. The molecule has 2 rings (SSSR count). The summed E-state index contributed by atoms with van der Waals surface area (Å²) in [5.74, 6) is -0.299. The summed E-state index contributed by atoms with van der Waals surface area (Å²) in [5.41, 5.74) is 0.239. The number of hydrogen-bond donors (Lipinski definition) is 1. The van der Waals surface area contributed by atoms with Crippen molar-refractivity contribution < 1.29 is 19.4 Å². The third-order valence-corrected chi connectivity index (χ3v) is 3.50. The lowest BCUT2D eigenvalue weighted by molar-refractivity contribution is -0.0112. The number of benzene rings is 1. The number of aromatic carboxylic acids is 1. The number of carbonyl (C=O) groups is 1. The topological polar surface area (TPSA) is 55.8 Å². The highest BCUT2D eigenvalue weighted by molar-refractivity contribution is 9.10. The van der Waals surface area contributed by atoms with Crippen molar-refractivity contribution in [1.82, 2.24) is 0 Å². The lowest BCUT2D eigenvalue weighted by Gasteiger charge is -2.22. The molecule has 0 radical (unpaired) electrons. The Morgan fingerprint density at radius 3 is 2.94 bits per heavy atom. The van der Waals surface area contributed by atoms with E-state index in [0.717, 1.165) is 19.4 Å². The molecule has 1 atom stereocenters. The molecule has 1 fully saturated rings. The minimum absolute atomic E-state index is 0.143. The molecule has 0 aliphatic carbocycles. The van der Waals surface area contributed by atoms with Gasteiger partial charge in [0.15, 0.2) is 0 Å². The quantitative estimate of drug-likeness (QED) is 0.927. The fourth-order valence-electron chi connectivity index (χ4n) is 1.87. The molecule has 1 aliphatic rings. The Morgan fingerprint density at radius 1 is 1.50 bits per heavy atom. The van der Waals surface area contributed by atoms with E-state index in [2.05, 4.69) is 15.9 Å². The second-order valence-corrected chi connectivity index (χ2v) is 5.10. The monoisotopic (exact) mass is 314 g/mol. The number of carboxylic acids is 1. The van der Waals surface area contributed by atoms with Crippen molar-refractivity contribution in [1.29, 1.82) is 0 Å². The van der Waals surface area contributed by atoms with Gasteiger partial charge in [0.1, 0.15) is 12.4 Å². The van der Waals surface area contributed by atoms with E-state index in [1.807, 2.05) is 0 Å². The SMILES string of the molecule is O=C(O)c1ccc(OCC2CCCCO2)c(Br)c1. The Labute approximate surface area is 114 Å². The second-order valence-electron chi connectivity index (χ2n) is 4.25. The molecule has 0 amide bonds. The molecule has 4 nitrogen and oxygen atoms in total. The van der Waals surface area contributed by atoms with E-state index < -0.39 is 5.97 Å². The number of halogens is 1. The summed E-state index contributed by atoms with van der Waals surface area (Å²) in [4.78, 5) is 10.8. The van der Waals surface area contributed by atoms with Crippen LogP contribution in [0.1, 0.15) is 29.6 Å². The van der Waals surface area contributed by atoms with E-state index in [1.165, 1.54) is 12.5 Å². The molecule has 1 aromatic carbocycles. The lowest BCUT2D eigenvalue weighted by atomic mass is 10.1. The fraction of sp³-hybridized carbons (Fsp3) is 0.462. The van der Waals surface area contributed by atoms with Gasteiger partial charge in [0.05, 0.1) is 16.1 Å². The second kappa shape index (κ2) is 6.20. The Balaban J connectivity index is 1.94. The van der Waals surface area contributed by atoms with Gasteiger partial charge in [-0.15, -0.1) is 0 Å². The summed E-state index contributed by atoms with van der Waals surface area (Å²) >= 11 is 3.31. The summed E-state index contributed by atoms with van der Waals surface area (Å²) < 4.78 is 11.9. The summed E-state index contributed by atoms with van der Waals surface area (Å²) in [6, 6.07) is 4.74. The molecule has 0 spiro atoms. The van der Waals surface area contributed by atoms with Crippen LogP contribution >= 0.6 is 15.9 Å². The van der Waals surface area contributed by atoms with Crippen molar-refractivity contribution in [3.8, 4) is 5.75 Å². The number of rotatable bonds is 4. The van der Waals surface area contributed by atoms with E-state index in [-0.39, 0.29) is 11.7 Å². The van der Waals surface area contributed by atoms with Crippen LogP contribution < -0.4 is 4.74 Å². The number of hydrogen-bond acceptors (Lipinski definition) is 3. The first-order chi connectivity index (χ1) is 8.66. The minimum atomic E-state index is -0.946. The van der Waals surface area contributed by atoms with E-state index in [1.54, 1.807) is 12.1 Å². The standard InChI is InChI=1S/C13H15BrO4/c14-11-7-9(13(15)16)4-5-12(11)18-8-10-3-1-2-6-17-10/h4-5,7,10H,1-3,6,8H2,(H,15,16). The van der Waals surface area contributed by atoms with Crippen LogP contribution in [0.3, 0.4) is 0 Å². The van der Waals surface area contributed by atoms with Crippen LogP contribution in [-0.4, -0.2) is 30.4 Å². The maximum atomic E-state index is 10.8. The molecule has 0 saturated carbocycles. The van der Waals surface area contributed by atoms with Gasteiger partial charge in [-0.2, -0.15) is 0 Å². The molecule has 1 N–H and O–H groups in total. The van der Waals surface area contributed by atoms with Gasteiger partial charge >= 0.3 is 5.97 Å². The largest absolute Gasteiger partial charge is 0.490 e. The Hall–Kier alpha value is -1.07. The molecule has 1 saturated heterocycles. The lowest BCUT2D eigenvalue weighted by Crippen LogP contribution is -2.25. The average Bonchev–Trinajstić information content (AvgIpc) is 2.38. The highest BCUT2D eigenvalue weighted by Crippen LogP contribution is 2.27. The predicted molar refractivity (Wildman–Crippen MR) is 70.2 cm³/mol. The third kappa shape index (κ3) is 3.46. The fourth-order valence-corrected chi connectivity index (χ4v) is 2.37. The smallest absolute Gasteiger partial charge is 0.335 e. The average molecular weight is 315 g/mol. The Kier molecular flexibility index (Phi) is 4.60. The first kappa shape index (κ1) is 13.4.